The van der Waals surface area contributed by atoms with Crippen LogP contribution in [-0.2, 0) is 59.2 Å². The second-order valence-corrected chi connectivity index (χ2v) is 27.8. The van der Waals surface area contributed by atoms with Crippen LogP contribution in [-0.4, -0.2) is 174 Å². The molecule has 0 aromatic heterocycles. The van der Waals surface area contributed by atoms with E-state index in [1.807, 2.05) is 85.7 Å². The van der Waals surface area contributed by atoms with E-state index < -0.39 is 84.0 Å². The molecule has 0 bridgehead atoms. The smallest absolute Gasteiger partial charge is 0.410 e. The molecule has 99 heavy (non-hydrogen) atoms. The van der Waals surface area contributed by atoms with Crippen LogP contribution in [0.2, 0.25) is 0 Å². The van der Waals surface area contributed by atoms with Crippen molar-refractivity contribution >= 4 is 70.6 Å². The monoisotopic (exact) mass is 1380 g/mol. The number of imide groups is 1. The van der Waals surface area contributed by atoms with Crippen LogP contribution in [0.25, 0.3) is 0 Å². The summed E-state index contributed by atoms with van der Waals surface area (Å²) in [7, 11) is 6.24. The topological polar surface area (TPSA) is 320 Å². The first kappa shape index (κ1) is 81.7. The molecular weight excluding hydrogens is 1270 g/mol. The molecule has 0 saturated carbocycles. The van der Waals surface area contributed by atoms with Gasteiger partial charge in [-0.25, -0.2) is 9.59 Å². The molecule has 546 valence electrons. The second kappa shape index (κ2) is 39.8. The number of nitrogens with zero attached hydrogens (tertiary/aromatic N) is 4. The lowest BCUT2D eigenvalue weighted by Gasteiger charge is -2.41. The predicted octanol–water partition coefficient (Wildman–Crippen LogP) is 9.65. The number of likely N-dealkylation sites (N-methyl/N-ethyl adjacent to an activating group) is 2. The number of benzene rings is 3. The predicted molar refractivity (Wildman–Crippen MR) is 374 cm³/mol. The maximum atomic E-state index is 14.9. The number of methoxy groups -OCH3 is 2. The lowest BCUT2D eigenvalue weighted by Crippen LogP contribution is -2.54. The molecule has 24 heteroatoms. The van der Waals surface area contributed by atoms with Gasteiger partial charge in [-0.15, -0.1) is 5.06 Å². The van der Waals surface area contributed by atoms with Gasteiger partial charge in [-0.3, -0.25) is 48.0 Å². The van der Waals surface area contributed by atoms with Crippen molar-refractivity contribution in [2.45, 2.75) is 202 Å². The van der Waals surface area contributed by atoms with Gasteiger partial charge in [-0.2, -0.15) is 0 Å². The van der Waals surface area contributed by atoms with Crippen molar-refractivity contribution < 1.29 is 76.9 Å². The number of fused-ring (bicyclic) bond motifs is 1. The zero-order valence-corrected chi connectivity index (χ0v) is 60.6. The number of unbranched alkanes of at least 4 members (excludes halogenated alkanes) is 2. The van der Waals surface area contributed by atoms with Crippen LogP contribution < -0.4 is 21.7 Å². The van der Waals surface area contributed by atoms with Crippen LogP contribution in [0.5, 0.6) is 0 Å². The summed E-state index contributed by atoms with van der Waals surface area (Å²) in [6.07, 6.45) is 0.740. The summed E-state index contributed by atoms with van der Waals surface area (Å²) in [5.74, 6) is -6.91. The zero-order chi connectivity index (χ0) is 73.4. The number of urea groups is 1. The number of primary amides is 1. The lowest BCUT2D eigenvalue weighted by atomic mass is 9.83. The van der Waals surface area contributed by atoms with Crippen molar-refractivity contribution in [2.24, 2.45) is 53.1 Å². The van der Waals surface area contributed by atoms with Crippen molar-refractivity contribution in [2.75, 3.05) is 53.3 Å². The van der Waals surface area contributed by atoms with Crippen molar-refractivity contribution in [3.8, 4) is 0 Å². The van der Waals surface area contributed by atoms with Gasteiger partial charge < -0.3 is 55.7 Å². The minimum Gasteiger partial charge on any atom is -0.445 e. The number of aliphatic hydroxyl groups excluding tert-OH is 1. The number of anilines is 1. The molecule has 12 atom stereocenters. The Bertz CT molecular complexity index is 3160. The molecule has 1 saturated heterocycles. The molecular formula is C75H110N8O16. The first-order valence-corrected chi connectivity index (χ1v) is 35.1. The van der Waals surface area contributed by atoms with E-state index in [4.69, 9.17) is 24.8 Å². The average molecular weight is 1380 g/mol. The number of aliphatic hydroxyl groups is 1. The van der Waals surface area contributed by atoms with Gasteiger partial charge in [0.2, 0.25) is 23.6 Å². The normalized spacial score (nSPS) is 17.1. The highest BCUT2D eigenvalue weighted by atomic mass is 16.7. The molecule has 3 aromatic carbocycles. The van der Waals surface area contributed by atoms with Crippen LogP contribution in [0.3, 0.4) is 0 Å². The van der Waals surface area contributed by atoms with Gasteiger partial charge in [0.05, 0.1) is 66.6 Å². The van der Waals surface area contributed by atoms with Crippen LogP contribution in [0.4, 0.5) is 15.3 Å². The highest BCUT2D eigenvalue weighted by molar-refractivity contribution is 6.20. The van der Waals surface area contributed by atoms with Crippen molar-refractivity contribution in [3.63, 3.8) is 0 Å². The Hall–Kier alpha value is -7.93. The zero-order valence-electron chi connectivity index (χ0n) is 60.6. The minimum atomic E-state index is -0.971. The molecule has 0 unspecified atom stereocenters. The molecule has 2 aliphatic rings. The number of hydrogen-bond acceptors (Lipinski definition) is 16. The van der Waals surface area contributed by atoms with E-state index in [0.717, 1.165) is 10.6 Å². The van der Waals surface area contributed by atoms with Crippen molar-refractivity contribution in [3.05, 3.63) is 101 Å². The largest absolute Gasteiger partial charge is 0.445 e. The first-order valence-electron chi connectivity index (χ1n) is 35.1. The fraction of sp³-hybridized carbons (Fsp3) is 0.613. The molecule has 0 aliphatic carbocycles. The van der Waals surface area contributed by atoms with E-state index in [1.165, 1.54) is 19.1 Å². The first-order chi connectivity index (χ1) is 47.0. The Morgan fingerprint density at radius 1 is 0.697 bits per heavy atom. The van der Waals surface area contributed by atoms with Gasteiger partial charge in [0.1, 0.15) is 12.4 Å². The third-order valence-corrected chi connectivity index (χ3v) is 19.6. The number of nitrogens with one attached hydrogen (secondary N) is 3. The van der Waals surface area contributed by atoms with Gasteiger partial charge in [-0.05, 0) is 104 Å². The summed E-state index contributed by atoms with van der Waals surface area (Å²) in [4.78, 5) is 159. The maximum absolute atomic E-state index is 14.9. The van der Waals surface area contributed by atoms with E-state index in [9.17, 15) is 57.8 Å². The molecule has 1 fully saturated rings. The molecule has 3 aromatic rings. The minimum absolute atomic E-state index is 0.0565. The van der Waals surface area contributed by atoms with Gasteiger partial charge in [0.25, 0.3) is 11.8 Å². The molecule has 0 spiro atoms. The van der Waals surface area contributed by atoms with Crippen LogP contribution in [0, 0.1) is 47.3 Å². The van der Waals surface area contributed by atoms with Crippen LogP contribution >= 0.6 is 0 Å². The number of ether oxygens (including phenoxy) is 3. The molecule has 2 aliphatic heterocycles. The second-order valence-electron chi connectivity index (χ2n) is 27.8. The third-order valence-electron chi connectivity index (χ3n) is 19.6. The molecule has 2 heterocycles. The third kappa shape index (κ3) is 23.1. The Labute approximate surface area is 584 Å². The number of hydroxylamine groups is 2. The SMILES string of the molecule is CC[C@H](C)[C@@H]([C@@H](CC(=O)N1CCC[C@H]1[C@H](OC)[C@@H](C)C(=O)C[C@H](C)[C@@H](O)c1ccccc1)OC)N(C)C(=O)[C@@H](CC(=O)[C@H](C(C)C)N(C)C(=O)OCc1ccc(NC(=O)[C@H](CCCNC(N)=O)CC(=O)[C@@H](NC(=O)CCCCCON2C(=O)c3ccccc3C2=O)C(C)C)cc1)C(C)C. The van der Waals surface area contributed by atoms with Gasteiger partial charge in [0, 0.05) is 90.5 Å². The fourth-order valence-electron chi connectivity index (χ4n) is 13.6. The number of likely N-dealkylation sites (tertiary alicyclic amines) is 1. The number of carbonyl (C=O) groups excluding carboxylic acids is 11. The van der Waals surface area contributed by atoms with Crippen LogP contribution in [0.1, 0.15) is 191 Å². The van der Waals surface area contributed by atoms with Crippen LogP contribution in [0.15, 0.2) is 78.9 Å². The summed E-state index contributed by atoms with van der Waals surface area (Å²) >= 11 is 0. The summed E-state index contributed by atoms with van der Waals surface area (Å²) in [6, 6.07) is 18.6. The fourth-order valence-corrected chi connectivity index (χ4v) is 13.6. The van der Waals surface area contributed by atoms with Gasteiger partial charge >= 0.3 is 12.1 Å². The number of amides is 9. The molecule has 6 N–H and O–H groups in total. The average Bonchev–Trinajstić information content (AvgIpc) is 1.71. The molecule has 0 radical (unpaired) electrons. The summed E-state index contributed by atoms with van der Waals surface area (Å²) in [5, 5.41) is 20.0. The highest BCUT2D eigenvalue weighted by Gasteiger charge is 2.44. The Morgan fingerprint density at radius 2 is 1.33 bits per heavy atom. The Morgan fingerprint density at radius 3 is 1.91 bits per heavy atom. The van der Waals surface area contributed by atoms with E-state index in [2.05, 4.69) is 16.0 Å². The summed E-state index contributed by atoms with van der Waals surface area (Å²) in [5.41, 5.74) is 7.50. The summed E-state index contributed by atoms with van der Waals surface area (Å²) < 4.78 is 17.9. The van der Waals surface area contributed by atoms with E-state index >= 15 is 0 Å². The molecule has 5 rings (SSSR count). The van der Waals surface area contributed by atoms with Crippen molar-refractivity contribution in [1.29, 1.82) is 0 Å². The van der Waals surface area contributed by atoms with Crippen molar-refractivity contribution in [1.82, 2.24) is 30.4 Å². The van der Waals surface area contributed by atoms with E-state index in [-0.39, 0.29) is 140 Å². The number of hydrogen-bond donors (Lipinski definition) is 5. The number of nitrogens with two attached hydrogens (primary N) is 1. The molecule has 24 nitrogen and oxygen atoms in total. The Kier molecular flexibility index (Phi) is 32.8. The number of carbonyl (C=O) groups is 11. The molecule has 9 amide bonds. The number of rotatable bonds is 42. The highest BCUT2D eigenvalue weighted by Crippen LogP contribution is 2.34. The Balaban J connectivity index is 1.15. The quantitative estimate of drug-likeness (QED) is 0.0260. The summed E-state index contributed by atoms with van der Waals surface area (Å²) in [6.45, 7) is 19.1. The lowest BCUT2D eigenvalue weighted by molar-refractivity contribution is -0.149. The van der Waals surface area contributed by atoms with E-state index in [0.29, 0.717) is 62.7 Å². The van der Waals surface area contributed by atoms with E-state index in [1.54, 1.807) is 86.3 Å². The van der Waals surface area contributed by atoms with Gasteiger partial charge in [-0.1, -0.05) is 137 Å². The number of ketones is 3. The number of Topliss-reactive ketones (excluding diaryl/α,β-unsaturated/α-hetero) is 3. The van der Waals surface area contributed by atoms with Gasteiger partial charge in [0.15, 0.2) is 11.6 Å². The standard InChI is InChI=1S/C75H110N8O16/c1-15-48(8)67(62(96-13)43-64(88)82-38-25-31-58(82)69(97-14)50(10)59(84)40-49(9)68(89)52-26-18-16-19-27-52)80(11)71(91)57(45(2)3)42-61(86)66(47(6)7)81(12)75(95)98-44-51-33-35-54(36-34-51)78-70(90)53(28-24-37-77-74(76)94)41-60(85)65(46(4)5)79-63(87)32-20-17-23-39-99-83-72(92)55-29-21-22-30-56(55)73(83)93/h16,18-19,21-22,26-27,29-30,33-36,45-50,53,57-58,62,65-69,89H,15,17,20,23-25,28,31-32,37-44H2,1-14H3,(H,78,90)(H,79,87)(H3,76,77,94)/t48-,49-,50-,53+,57-,58-,62+,65-,66-,67-,68+,69+/m0/s1. The maximum Gasteiger partial charge on any atom is 0.410 e.